The number of thiol groups is 1. The minimum absolute atomic E-state index is 0. The maximum absolute atomic E-state index is 3.53. The lowest BCUT2D eigenvalue weighted by molar-refractivity contribution is 0.592. The minimum Gasteiger partial charge on any atom is -0.310 e. The van der Waals surface area contributed by atoms with Crippen molar-refractivity contribution >= 4 is 106 Å². The highest BCUT2D eigenvalue weighted by molar-refractivity contribution is 7.79. The van der Waals surface area contributed by atoms with E-state index >= 15 is 0 Å². The Morgan fingerprint density at radius 1 is 0.367 bits per heavy atom. The van der Waals surface area contributed by atoms with Crippen molar-refractivity contribution in [2.24, 2.45) is 0 Å². The third-order valence-electron chi connectivity index (χ3n) is 11.7. The molecule has 9 aromatic carbocycles. The molecule has 0 saturated heterocycles. The zero-order valence-corrected chi connectivity index (χ0v) is 34.7. The van der Waals surface area contributed by atoms with Gasteiger partial charge in [-0.2, -0.15) is 12.6 Å². The van der Waals surface area contributed by atoms with Gasteiger partial charge in [0.1, 0.15) is 0 Å². The fourth-order valence-electron chi connectivity index (χ4n) is 8.92. The molecule has 0 unspecified atom stereocenters. The van der Waals surface area contributed by atoms with Crippen LogP contribution in [0, 0.1) is 0 Å². The summed E-state index contributed by atoms with van der Waals surface area (Å²) in [6.45, 7) is 6.97. The molecule has 0 atom stereocenters. The molecule has 0 spiro atoms. The van der Waals surface area contributed by atoms with Crippen LogP contribution in [0.15, 0.2) is 194 Å². The lowest BCUT2D eigenvalue weighted by Gasteiger charge is -2.25. The molecule has 0 bridgehead atoms. The number of fused-ring (bicyclic) bond motifs is 8. The summed E-state index contributed by atoms with van der Waals surface area (Å²) in [6, 6.07) is 71.0. The molecule has 0 aliphatic heterocycles. The van der Waals surface area contributed by atoms with Crippen LogP contribution in [0.4, 0.5) is 34.1 Å². The quantitative estimate of drug-likeness (QED) is 0.168. The summed E-state index contributed by atoms with van der Waals surface area (Å²) in [4.78, 5) is 4.69. The number of nitrogens with zero attached hydrogens (tertiary/aromatic N) is 3. The predicted molar refractivity (Wildman–Crippen MR) is 266 cm³/mol. The van der Waals surface area contributed by atoms with Crippen molar-refractivity contribution in [1.82, 2.24) is 4.40 Å². The van der Waals surface area contributed by atoms with Crippen LogP contribution in [0.1, 0.15) is 33.8 Å². The van der Waals surface area contributed by atoms with Gasteiger partial charge in [0.2, 0.25) is 0 Å². The van der Waals surface area contributed by atoms with Crippen molar-refractivity contribution < 1.29 is 0 Å². The van der Waals surface area contributed by atoms with Gasteiger partial charge in [0.15, 0.2) is 0 Å². The second-order valence-electron chi connectivity index (χ2n) is 16.3. The van der Waals surface area contributed by atoms with Crippen LogP contribution in [-0.2, 0) is 5.41 Å². The first-order chi connectivity index (χ1) is 28.9. The smallest absolute Gasteiger partial charge is 0.0620 e. The van der Waals surface area contributed by atoms with E-state index in [2.05, 4.69) is 242 Å². The van der Waals surface area contributed by atoms with Gasteiger partial charge in [0.05, 0.1) is 16.6 Å². The molecule has 0 aliphatic carbocycles. The minimum atomic E-state index is -0.00393. The zero-order valence-electron chi connectivity index (χ0n) is 33.8. The molecule has 0 aliphatic rings. The van der Waals surface area contributed by atoms with E-state index < -0.39 is 0 Å². The second-order valence-corrected chi connectivity index (χ2v) is 16.3. The van der Waals surface area contributed by atoms with Crippen LogP contribution >= 0.6 is 12.6 Å². The Labute approximate surface area is 358 Å². The van der Waals surface area contributed by atoms with Gasteiger partial charge in [-0.3, -0.25) is 0 Å². The van der Waals surface area contributed by atoms with Crippen molar-refractivity contribution in [3.8, 4) is 0 Å². The Kier molecular flexibility index (Phi) is 9.98. The number of hydrogen-bond acceptors (Lipinski definition) is 3. The molecule has 2 heterocycles. The molecule has 11 rings (SSSR count). The molecule has 0 amide bonds. The lowest BCUT2D eigenvalue weighted by Crippen LogP contribution is -2.10. The van der Waals surface area contributed by atoms with E-state index in [1.54, 1.807) is 6.26 Å². The van der Waals surface area contributed by atoms with E-state index in [1.807, 2.05) is 0 Å². The first kappa shape index (κ1) is 38.8. The van der Waals surface area contributed by atoms with Crippen LogP contribution < -0.4 is 9.80 Å². The summed E-state index contributed by atoms with van der Waals surface area (Å²) in [5, 5.41) is 10.1. The van der Waals surface area contributed by atoms with Crippen LogP contribution in [-0.4, -0.2) is 10.7 Å². The molecule has 60 heavy (non-hydrogen) atoms. The third-order valence-corrected chi connectivity index (χ3v) is 11.7. The molecule has 294 valence electrons. The van der Waals surface area contributed by atoms with E-state index in [0.717, 1.165) is 34.1 Å². The van der Waals surface area contributed by atoms with Gasteiger partial charge >= 0.3 is 0 Å². The Morgan fingerprint density at radius 3 is 1.05 bits per heavy atom. The Balaban J connectivity index is 0.00000152. The second kappa shape index (κ2) is 15.4. The van der Waals surface area contributed by atoms with Gasteiger partial charge in [-0.05, 0) is 148 Å². The maximum Gasteiger partial charge on any atom is 0.0620 e. The van der Waals surface area contributed by atoms with Crippen molar-refractivity contribution in [1.29, 1.82) is 0 Å². The summed E-state index contributed by atoms with van der Waals surface area (Å²) in [6.07, 6.45) is 1.69. The number of aromatic nitrogens is 1. The van der Waals surface area contributed by atoms with E-state index in [9.17, 15) is 0 Å². The van der Waals surface area contributed by atoms with Gasteiger partial charge in [-0.1, -0.05) is 113 Å². The number of rotatable bonds is 6. The first-order valence-electron chi connectivity index (χ1n) is 20.3. The monoisotopic (exact) mass is 795 g/mol. The maximum atomic E-state index is 3.53. The standard InChI is InChI=1S/C54H41N3.CH4S.CH4/c1-54(2,3)40-34-49-47-30-36-24-26-45(55(41-16-8-4-9-17-41)42-18-10-5-11-19-42)28-38(36)32-51(47)57-52-33-39-29-46(27-25-37(39)31-48(52)50(35-40)53(49)57)56(43-20-12-6-13-21-43)44-22-14-7-15-23-44;1-2;/h4-35H,1-3H3;2H,1H3;1H4. The Morgan fingerprint density at radius 2 is 0.717 bits per heavy atom. The first-order valence-corrected chi connectivity index (χ1v) is 21.2. The molecule has 0 radical (unpaired) electrons. The number of anilines is 6. The highest BCUT2D eigenvalue weighted by Gasteiger charge is 2.24. The number of hydrogen-bond donors (Lipinski definition) is 1. The molecule has 4 heteroatoms. The van der Waals surface area contributed by atoms with Crippen molar-refractivity contribution in [2.45, 2.75) is 33.6 Å². The summed E-state index contributed by atoms with van der Waals surface area (Å²) >= 11 is 3.53. The van der Waals surface area contributed by atoms with Gasteiger partial charge in [0.25, 0.3) is 0 Å². The van der Waals surface area contributed by atoms with Crippen LogP contribution in [0.2, 0.25) is 0 Å². The summed E-state index contributed by atoms with van der Waals surface area (Å²) in [5.41, 5.74) is 11.9. The Hall–Kier alpha value is -6.75. The van der Waals surface area contributed by atoms with E-state index in [-0.39, 0.29) is 12.8 Å². The van der Waals surface area contributed by atoms with Crippen LogP contribution in [0.5, 0.6) is 0 Å². The topological polar surface area (TPSA) is 10.9 Å². The molecule has 0 N–H and O–H groups in total. The SMILES string of the molecule is C.CC(C)(C)c1cc2c3cc4ccc(N(c5ccccc5)c5ccccc5)cc4cc3n3c4cc5cc(N(c6ccccc6)c6ccccc6)ccc5cc4c(c1)c23.CS. The van der Waals surface area contributed by atoms with Crippen molar-refractivity contribution in [3.63, 3.8) is 0 Å². The van der Waals surface area contributed by atoms with Crippen molar-refractivity contribution in [3.05, 3.63) is 200 Å². The van der Waals surface area contributed by atoms with E-state index in [1.165, 1.54) is 65.2 Å². The van der Waals surface area contributed by atoms with Gasteiger partial charge in [-0.25, -0.2) is 0 Å². The highest BCUT2D eigenvalue weighted by atomic mass is 32.1. The molecule has 0 fully saturated rings. The predicted octanol–water partition coefficient (Wildman–Crippen LogP) is 16.6. The Bertz CT molecular complexity index is 2970. The van der Waals surface area contributed by atoms with Crippen molar-refractivity contribution in [2.75, 3.05) is 16.1 Å². The fourth-order valence-corrected chi connectivity index (χ4v) is 8.92. The molecule has 0 saturated carbocycles. The molecule has 3 nitrogen and oxygen atoms in total. The normalized spacial score (nSPS) is 11.6. The molecule has 11 aromatic rings. The highest BCUT2D eigenvalue weighted by Crippen LogP contribution is 2.45. The summed E-state index contributed by atoms with van der Waals surface area (Å²) in [5.74, 6) is 0. The lowest BCUT2D eigenvalue weighted by atomic mass is 9.85. The summed E-state index contributed by atoms with van der Waals surface area (Å²) < 4.78 is 2.54. The van der Waals surface area contributed by atoms with E-state index in [0.29, 0.717) is 0 Å². The van der Waals surface area contributed by atoms with Gasteiger partial charge in [0, 0.05) is 55.7 Å². The fraction of sp³-hybridized carbons (Fsp3) is 0.107. The van der Waals surface area contributed by atoms with Gasteiger partial charge < -0.3 is 14.2 Å². The zero-order chi connectivity index (χ0) is 40.3. The molecule has 2 aromatic heterocycles. The van der Waals surface area contributed by atoms with Gasteiger partial charge in [-0.15, -0.1) is 0 Å². The average Bonchev–Trinajstić information content (AvgIpc) is 3.77. The number of benzene rings is 9. The van der Waals surface area contributed by atoms with E-state index in [4.69, 9.17) is 0 Å². The molecular formula is C56H49N3S. The summed E-state index contributed by atoms with van der Waals surface area (Å²) in [7, 11) is 0. The number of para-hydroxylation sites is 4. The molecular weight excluding hydrogens is 747 g/mol. The average molecular weight is 796 g/mol. The largest absolute Gasteiger partial charge is 0.310 e. The van der Waals surface area contributed by atoms with Crippen LogP contribution in [0.25, 0.3) is 59.6 Å². The third kappa shape index (κ3) is 6.49. The van der Waals surface area contributed by atoms with Crippen LogP contribution in [0.3, 0.4) is 0 Å².